The zero-order chi connectivity index (χ0) is 2.12. The van der Waals surface area contributed by atoms with Gasteiger partial charge in [0.2, 0.25) is 0 Å². The third kappa shape index (κ3) is 1.92. The number of epoxide rings is 1. The van der Waals surface area contributed by atoms with Crippen molar-refractivity contribution in [2.24, 2.45) is 0 Å². The van der Waals surface area contributed by atoms with Crippen molar-refractivity contribution in [3.05, 3.63) is 0 Å². The van der Waals surface area contributed by atoms with Crippen LogP contribution in [0.15, 0.2) is 0 Å². The van der Waals surface area contributed by atoms with E-state index < -0.39 is 0 Å². The fourth-order valence-electron chi connectivity index (χ4n) is 0. The lowest BCUT2D eigenvalue weighted by molar-refractivity contribution is 0.475. The zero-order valence-electron chi connectivity index (χ0n) is 2.53. The maximum atomic E-state index is 4.50. The Kier molecular flexibility index (Phi) is 1.24. The van der Waals surface area contributed by atoms with E-state index in [9.17, 15) is 0 Å². The molecule has 3 N–H and O–H groups in total. The maximum Gasteiger partial charge on any atom is 0.0701 e. The van der Waals surface area contributed by atoms with Crippen LogP contribution in [0, 0.1) is 0 Å². The molecule has 0 aromatic carbocycles. The molecular weight excluding hydrogens is 54.0 g/mol. The van der Waals surface area contributed by atoms with E-state index >= 15 is 0 Å². The topological polar surface area (TPSA) is 47.5 Å². The Morgan fingerprint density at radius 2 is 1.50 bits per heavy atom. The van der Waals surface area contributed by atoms with E-state index in [2.05, 4.69) is 4.74 Å². The first-order valence-electron chi connectivity index (χ1n) is 1.08. The van der Waals surface area contributed by atoms with Gasteiger partial charge in [0.1, 0.15) is 0 Å². The summed E-state index contributed by atoms with van der Waals surface area (Å²) < 4.78 is 4.50. The highest BCUT2D eigenvalue weighted by Crippen LogP contribution is 1.84. The molecule has 0 aliphatic carbocycles. The molecule has 0 radical (unpaired) electrons. The maximum absolute atomic E-state index is 4.50. The average Bonchev–Trinajstić information content (AvgIpc) is 1.46. The number of hydrogen-bond donors (Lipinski definition) is 1. The molecule has 1 fully saturated rings. The van der Waals surface area contributed by atoms with Gasteiger partial charge in [-0.05, 0) is 0 Å². The smallest absolute Gasteiger partial charge is 0.0701 e. The van der Waals surface area contributed by atoms with E-state index in [4.69, 9.17) is 0 Å². The molecule has 0 unspecified atom stereocenters. The van der Waals surface area contributed by atoms with Crippen LogP contribution in [-0.4, -0.2) is 13.2 Å². The lowest BCUT2D eigenvalue weighted by Crippen LogP contribution is -1.20. The number of hydrogen-bond acceptors (Lipinski definition) is 2. The molecule has 1 heterocycles. The molecule has 26 valence electrons. The van der Waals surface area contributed by atoms with Gasteiger partial charge in [0.05, 0.1) is 13.2 Å². The van der Waals surface area contributed by atoms with Gasteiger partial charge in [-0.15, -0.1) is 0 Å². The summed E-state index contributed by atoms with van der Waals surface area (Å²) in [5, 5.41) is 0. The fraction of sp³-hybridized carbons (Fsp3) is 1.00. The summed E-state index contributed by atoms with van der Waals surface area (Å²) in [5.74, 6) is 0. The molecule has 1 rings (SSSR count). The van der Waals surface area contributed by atoms with E-state index in [1.807, 2.05) is 0 Å². The van der Waals surface area contributed by atoms with Crippen molar-refractivity contribution in [3.63, 3.8) is 0 Å². The van der Waals surface area contributed by atoms with Crippen molar-refractivity contribution in [2.45, 2.75) is 0 Å². The van der Waals surface area contributed by atoms with Gasteiger partial charge in [-0.3, -0.25) is 0 Å². The average molecular weight is 61.1 g/mol. The summed E-state index contributed by atoms with van der Waals surface area (Å²) in [6, 6.07) is 0. The largest absolute Gasteiger partial charge is 0.377 e. The molecule has 2 heteroatoms. The Labute approximate surface area is 25.3 Å². The Hall–Kier alpha value is -0.0800. The standard InChI is InChI=1S/C2H4O.H3N/c1-2-3-1;/h1-2H2;1H3. The highest BCUT2D eigenvalue weighted by Gasteiger charge is 1.94. The normalized spacial score (nSPS) is 18.0. The lowest BCUT2D eigenvalue weighted by Gasteiger charge is -1.24. The van der Waals surface area contributed by atoms with Crippen molar-refractivity contribution in [1.82, 2.24) is 6.15 Å². The monoisotopic (exact) mass is 61.1 g/mol. The summed E-state index contributed by atoms with van der Waals surface area (Å²) >= 11 is 0. The minimum absolute atomic E-state index is 0. The molecule has 0 saturated carbocycles. The highest BCUT2D eigenvalue weighted by molar-refractivity contribution is 4.36. The minimum Gasteiger partial charge on any atom is -0.377 e. The highest BCUT2D eigenvalue weighted by atomic mass is 16.6. The molecule has 1 aliphatic heterocycles. The predicted octanol–water partition coefficient (Wildman–Crippen LogP) is 0.179. The van der Waals surface area contributed by atoms with Gasteiger partial charge in [-0.1, -0.05) is 0 Å². The second kappa shape index (κ2) is 1.26. The van der Waals surface area contributed by atoms with E-state index in [0.29, 0.717) is 0 Å². The van der Waals surface area contributed by atoms with Crippen molar-refractivity contribution in [3.8, 4) is 0 Å². The lowest BCUT2D eigenvalue weighted by atomic mass is 11.0. The summed E-state index contributed by atoms with van der Waals surface area (Å²) in [6.45, 7) is 2.00. The zero-order valence-corrected chi connectivity index (χ0v) is 2.53. The van der Waals surface area contributed by atoms with Gasteiger partial charge < -0.3 is 10.9 Å². The Bertz CT molecular complexity index is 10.8. The molecular formula is C2H7NO. The Morgan fingerprint density at radius 1 is 1.25 bits per heavy atom. The van der Waals surface area contributed by atoms with Crippen LogP contribution < -0.4 is 6.15 Å². The quantitative estimate of drug-likeness (QED) is 0.406. The number of rotatable bonds is 0. The van der Waals surface area contributed by atoms with Gasteiger partial charge in [0, 0.05) is 0 Å². The van der Waals surface area contributed by atoms with Gasteiger partial charge >= 0.3 is 0 Å². The molecule has 2 nitrogen and oxygen atoms in total. The third-order valence-electron chi connectivity index (χ3n) is 0.204. The fourth-order valence-corrected chi connectivity index (χ4v) is 0. The van der Waals surface area contributed by atoms with E-state index in [0.717, 1.165) is 13.2 Å². The Morgan fingerprint density at radius 3 is 1.50 bits per heavy atom. The van der Waals surface area contributed by atoms with Crippen LogP contribution in [0.2, 0.25) is 0 Å². The molecule has 0 spiro atoms. The summed E-state index contributed by atoms with van der Waals surface area (Å²) in [5.41, 5.74) is 0. The Balaban J connectivity index is 0.0000000900. The van der Waals surface area contributed by atoms with Gasteiger partial charge in [-0.25, -0.2) is 0 Å². The second-order valence-corrected chi connectivity index (χ2v) is 0.612. The molecule has 0 amide bonds. The SMILES string of the molecule is C1CO1.N. The van der Waals surface area contributed by atoms with Crippen LogP contribution in [0.4, 0.5) is 0 Å². The summed E-state index contributed by atoms with van der Waals surface area (Å²) in [7, 11) is 0. The number of ether oxygens (including phenoxy) is 1. The second-order valence-electron chi connectivity index (χ2n) is 0.612. The van der Waals surface area contributed by atoms with Crippen LogP contribution in [0.1, 0.15) is 0 Å². The van der Waals surface area contributed by atoms with Crippen LogP contribution >= 0.6 is 0 Å². The van der Waals surface area contributed by atoms with Crippen LogP contribution in [-0.2, 0) is 4.74 Å². The van der Waals surface area contributed by atoms with Crippen LogP contribution in [0.3, 0.4) is 0 Å². The summed E-state index contributed by atoms with van der Waals surface area (Å²) in [6.07, 6.45) is 0. The van der Waals surface area contributed by atoms with Crippen molar-refractivity contribution in [2.75, 3.05) is 13.2 Å². The predicted molar refractivity (Wildman–Crippen MR) is 15.8 cm³/mol. The molecule has 0 atom stereocenters. The van der Waals surface area contributed by atoms with Gasteiger partial charge in [0.25, 0.3) is 0 Å². The first-order valence-corrected chi connectivity index (χ1v) is 1.08. The molecule has 1 saturated heterocycles. The van der Waals surface area contributed by atoms with E-state index in [1.54, 1.807) is 0 Å². The van der Waals surface area contributed by atoms with Crippen molar-refractivity contribution in [1.29, 1.82) is 0 Å². The first-order chi connectivity index (χ1) is 1.50. The molecule has 4 heavy (non-hydrogen) atoms. The van der Waals surface area contributed by atoms with E-state index in [-0.39, 0.29) is 6.15 Å². The van der Waals surface area contributed by atoms with Crippen molar-refractivity contribution < 1.29 is 4.74 Å². The molecule has 0 aromatic heterocycles. The molecule has 0 bridgehead atoms. The minimum atomic E-state index is 0. The van der Waals surface area contributed by atoms with Gasteiger partial charge in [-0.2, -0.15) is 0 Å². The van der Waals surface area contributed by atoms with Crippen molar-refractivity contribution >= 4 is 0 Å². The van der Waals surface area contributed by atoms with Crippen LogP contribution in [0.25, 0.3) is 0 Å². The third-order valence-corrected chi connectivity index (χ3v) is 0.204. The molecule has 1 aliphatic rings. The van der Waals surface area contributed by atoms with Gasteiger partial charge in [0.15, 0.2) is 0 Å². The first kappa shape index (κ1) is 3.92. The van der Waals surface area contributed by atoms with Crippen LogP contribution in [0.5, 0.6) is 0 Å². The summed E-state index contributed by atoms with van der Waals surface area (Å²) in [4.78, 5) is 0. The van der Waals surface area contributed by atoms with E-state index in [1.165, 1.54) is 0 Å². The molecule has 0 aromatic rings.